The van der Waals surface area contributed by atoms with Gasteiger partial charge < -0.3 is 15.0 Å². The van der Waals surface area contributed by atoms with Crippen LogP contribution in [0.2, 0.25) is 5.02 Å². The van der Waals surface area contributed by atoms with Crippen LogP contribution < -0.4 is 10.1 Å². The number of ether oxygens (including phenoxy) is 1. The number of rotatable bonds is 5. The standard InChI is InChI=1S/C22H18ClF2N7O3/c1-12-8-13-5-7-27-31(13)18(21(34)30-10-22(24,25)11-30)17(12)28-20(33)15-9-16(35-2)29-32(15)19-14(23)4-3-6-26-19/h3-9H,10-11H2,1-2H3,(H,28,33). The van der Waals surface area contributed by atoms with Gasteiger partial charge in [0.25, 0.3) is 17.7 Å². The Bertz CT molecular complexity index is 1480. The molecule has 13 heteroatoms. The van der Waals surface area contributed by atoms with Crippen molar-refractivity contribution in [1.29, 1.82) is 0 Å². The second-order valence-electron chi connectivity index (χ2n) is 7.98. The first kappa shape index (κ1) is 22.7. The maximum Gasteiger partial charge on any atom is 0.282 e. The number of aromatic nitrogens is 5. The van der Waals surface area contributed by atoms with Crippen LogP contribution in [0.4, 0.5) is 14.5 Å². The van der Waals surface area contributed by atoms with E-state index in [1.165, 1.54) is 34.8 Å². The van der Waals surface area contributed by atoms with Gasteiger partial charge in [0.1, 0.15) is 5.69 Å². The molecule has 0 atom stereocenters. The number of carbonyl (C=O) groups is 2. The normalized spacial score (nSPS) is 14.6. The summed E-state index contributed by atoms with van der Waals surface area (Å²) in [6.07, 6.45) is 2.97. The molecular weight excluding hydrogens is 484 g/mol. The van der Waals surface area contributed by atoms with Crippen LogP contribution in [0.15, 0.2) is 42.7 Å². The lowest BCUT2D eigenvalue weighted by Crippen LogP contribution is -2.58. The minimum atomic E-state index is -2.95. The van der Waals surface area contributed by atoms with E-state index in [-0.39, 0.29) is 33.8 Å². The van der Waals surface area contributed by atoms with Crippen LogP contribution in [0, 0.1) is 6.92 Å². The minimum Gasteiger partial charge on any atom is -0.480 e. The molecule has 1 N–H and O–H groups in total. The number of hydrogen-bond acceptors (Lipinski definition) is 6. The summed E-state index contributed by atoms with van der Waals surface area (Å²) in [6.45, 7) is 0.272. The average Bonchev–Trinajstić information content (AvgIpc) is 3.44. The lowest BCUT2D eigenvalue weighted by atomic mass is 10.1. The summed E-state index contributed by atoms with van der Waals surface area (Å²) in [5, 5.41) is 11.4. The van der Waals surface area contributed by atoms with Crippen LogP contribution >= 0.6 is 11.6 Å². The van der Waals surface area contributed by atoms with E-state index < -0.39 is 30.8 Å². The molecule has 1 aliphatic heterocycles. The van der Waals surface area contributed by atoms with Crippen molar-refractivity contribution in [2.45, 2.75) is 12.8 Å². The van der Waals surface area contributed by atoms with Gasteiger partial charge in [0, 0.05) is 12.3 Å². The zero-order chi connectivity index (χ0) is 24.9. The summed E-state index contributed by atoms with van der Waals surface area (Å²) in [4.78, 5) is 31.8. The van der Waals surface area contributed by atoms with Gasteiger partial charge in [0.2, 0.25) is 5.88 Å². The third kappa shape index (κ3) is 3.95. The highest BCUT2D eigenvalue weighted by molar-refractivity contribution is 6.32. The van der Waals surface area contributed by atoms with Crippen LogP contribution in [0.25, 0.3) is 11.3 Å². The fourth-order valence-corrected chi connectivity index (χ4v) is 4.05. The van der Waals surface area contributed by atoms with Crippen molar-refractivity contribution in [3.8, 4) is 11.7 Å². The molecule has 0 unspecified atom stereocenters. The molecule has 0 aliphatic carbocycles. The van der Waals surface area contributed by atoms with Crippen LogP contribution in [-0.2, 0) is 0 Å². The third-order valence-electron chi connectivity index (χ3n) is 5.52. The Labute approximate surface area is 202 Å². The summed E-state index contributed by atoms with van der Waals surface area (Å²) in [5.41, 5.74) is 1.23. The van der Waals surface area contributed by atoms with Gasteiger partial charge in [-0.1, -0.05) is 11.6 Å². The van der Waals surface area contributed by atoms with E-state index in [4.69, 9.17) is 16.3 Å². The van der Waals surface area contributed by atoms with Crippen molar-refractivity contribution in [3.05, 3.63) is 64.7 Å². The van der Waals surface area contributed by atoms with E-state index in [0.717, 1.165) is 4.90 Å². The van der Waals surface area contributed by atoms with Gasteiger partial charge in [-0.3, -0.25) is 9.59 Å². The van der Waals surface area contributed by atoms with Gasteiger partial charge in [0.15, 0.2) is 11.5 Å². The number of nitrogens with one attached hydrogen (secondary N) is 1. The Kier molecular flexibility index (Phi) is 5.39. The Morgan fingerprint density at radius 3 is 2.66 bits per heavy atom. The van der Waals surface area contributed by atoms with E-state index in [0.29, 0.717) is 11.1 Å². The molecule has 0 spiro atoms. The van der Waals surface area contributed by atoms with Gasteiger partial charge >= 0.3 is 0 Å². The maximum absolute atomic E-state index is 13.5. The molecule has 1 fully saturated rings. The Balaban J connectivity index is 1.58. The average molecular weight is 502 g/mol. The van der Waals surface area contributed by atoms with Crippen molar-refractivity contribution < 1.29 is 23.1 Å². The molecule has 1 aliphatic rings. The Hall–Kier alpha value is -4.06. The largest absolute Gasteiger partial charge is 0.480 e. The van der Waals surface area contributed by atoms with Gasteiger partial charge in [0.05, 0.1) is 42.6 Å². The Morgan fingerprint density at radius 2 is 1.97 bits per heavy atom. The minimum absolute atomic E-state index is 0.0243. The molecule has 0 aromatic carbocycles. The summed E-state index contributed by atoms with van der Waals surface area (Å²) in [7, 11) is 1.39. The third-order valence-corrected chi connectivity index (χ3v) is 5.82. The lowest BCUT2D eigenvalue weighted by molar-refractivity contribution is -0.113. The predicted octanol–water partition coefficient (Wildman–Crippen LogP) is 3.23. The Morgan fingerprint density at radius 1 is 1.20 bits per heavy atom. The molecule has 5 rings (SSSR count). The quantitative estimate of drug-likeness (QED) is 0.450. The topological polar surface area (TPSA) is 107 Å². The number of alkyl halides is 2. The zero-order valence-corrected chi connectivity index (χ0v) is 19.3. The molecule has 0 radical (unpaired) electrons. The number of anilines is 1. The van der Waals surface area contributed by atoms with Crippen molar-refractivity contribution in [3.63, 3.8) is 0 Å². The van der Waals surface area contributed by atoms with Crippen LogP contribution in [0.3, 0.4) is 0 Å². The van der Waals surface area contributed by atoms with Crippen LogP contribution in [0.1, 0.15) is 26.5 Å². The number of fused-ring (bicyclic) bond motifs is 1. The smallest absolute Gasteiger partial charge is 0.282 e. The first-order chi connectivity index (χ1) is 16.7. The predicted molar refractivity (Wildman–Crippen MR) is 122 cm³/mol. The molecule has 2 amide bonds. The number of methoxy groups -OCH3 is 1. The molecule has 4 aromatic heterocycles. The highest BCUT2D eigenvalue weighted by atomic mass is 35.5. The summed E-state index contributed by atoms with van der Waals surface area (Å²) in [5.74, 6) is -3.95. The van der Waals surface area contributed by atoms with E-state index in [1.54, 1.807) is 31.2 Å². The fourth-order valence-electron chi connectivity index (χ4n) is 3.85. The number of aryl methyl sites for hydroxylation is 1. The highest BCUT2D eigenvalue weighted by Gasteiger charge is 2.47. The fraction of sp³-hybridized carbons (Fsp3) is 0.227. The SMILES string of the molecule is COc1cc(C(=O)Nc2c(C)cc3ccnn3c2C(=O)N2CC(F)(F)C2)n(-c2ncccc2Cl)n1. The highest BCUT2D eigenvalue weighted by Crippen LogP contribution is 2.32. The monoisotopic (exact) mass is 501 g/mol. The molecule has 10 nitrogen and oxygen atoms in total. The zero-order valence-electron chi connectivity index (χ0n) is 18.5. The van der Waals surface area contributed by atoms with E-state index in [9.17, 15) is 18.4 Å². The molecule has 0 saturated carbocycles. The van der Waals surface area contributed by atoms with Gasteiger partial charge in [-0.25, -0.2) is 23.0 Å². The van der Waals surface area contributed by atoms with Crippen LogP contribution in [-0.4, -0.2) is 67.2 Å². The molecule has 0 bridgehead atoms. The number of amides is 2. The number of nitrogens with zero attached hydrogens (tertiary/aromatic N) is 6. The van der Waals surface area contributed by atoms with Crippen molar-refractivity contribution >= 4 is 34.6 Å². The number of carbonyl (C=O) groups excluding carboxylic acids is 2. The molecule has 1 saturated heterocycles. The molecule has 5 heterocycles. The number of halogens is 3. The number of pyridine rings is 2. The van der Waals surface area contributed by atoms with Crippen molar-refractivity contribution in [1.82, 2.24) is 29.3 Å². The summed E-state index contributed by atoms with van der Waals surface area (Å²) < 4.78 is 34.7. The second-order valence-corrected chi connectivity index (χ2v) is 8.39. The lowest BCUT2D eigenvalue weighted by Gasteiger charge is -2.38. The van der Waals surface area contributed by atoms with Gasteiger partial charge in [-0.15, -0.1) is 5.10 Å². The molecule has 35 heavy (non-hydrogen) atoms. The molecule has 4 aromatic rings. The van der Waals surface area contributed by atoms with E-state index >= 15 is 0 Å². The summed E-state index contributed by atoms with van der Waals surface area (Å²) >= 11 is 6.25. The molecule has 180 valence electrons. The first-order valence-electron chi connectivity index (χ1n) is 10.4. The first-order valence-corrected chi connectivity index (χ1v) is 10.8. The number of hydrogen-bond donors (Lipinski definition) is 1. The second kappa shape index (κ2) is 8.31. The summed E-state index contributed by atoms with van der Waals surface area (Å²) in [6, 6.07) is 8.00. The van der Waals surface area contributed by atoms with Crippen molar-refractivity contribution in [2.24, 2.45) is 0 Å². The van der Waals surface area contributed by atoms with Crippen molar-refractivity contribution in [2.75, 3.05) is 25.5 Å². The van der Waals surface area contributed by atoms with E-state index in [1.807, 2.05) is 0 Å². The maximum atomic E-state index is 13.5. The number of likely N-dealkylation sites (tertiary alicyclic amines) is 1. The van der Waals surface area contributed by atoms with Gasteiger partial charge in [-0.05, 0) is 36.8 Å². The van der Waals surface area contributed by atoms with Gasteiger partial charge in [-0.2, -0.15) is 5.10 Å². The van der Waals surface area contributed by atoms with E-state index in [2.05, 4.69) is 20.5 Å². The van der Waals surface area contributed by atoms with Crippen LogP contribution in [0.5, 0.6) is 5.88 Å². The molecular formula is C22H18ClF2N7O3.